The van der Waals surface area contributed by atoms with Gasteiger partial charge in [-0.15, -0.1) is 0 Å². The number of nitrogen functional groups attached to an aromatic ring is 1. The van der Waals surface area contributed by atoms with Crippen molar-refractivity contribution in [1.82, 2.24) is 9.97 Å². The van der Waals surface area contributed by atoms with Crippen molar-refractivity contribution in [2.75, 3.05) is 30.6 Å². The normalized spacial score (nSPS) is 10.4. The van der Waals surface area contributed by atoms with Crippen molar-refractivity contribution < 1.29 is 14.3 Å². The molecule has 0 unspecified atom stereocenters. The van der Waals surface area contributed by atoms with Crippen molar-refractivity contribution in [3.8, 4) is 22.8 Å². The van der Waals surface area contributed by atoms with Crippen molar-refractivity contribution in [2.45, 2.75) is 6.54 Å². The number of hydrogen-bond donors (Lipinski definition) is 3. The van der Waals surface area contributed by atoms with Crippen molar-refractivity contribution in [1.29, 1.82) is 0 Å². The number of aromatic nitrogens is 2. The molecule has 8 heteroatoms. The molecule has 4 rings (SSSR count). The van der Waals surface area contributed by atoms with Crippen LogP contribution in [0.2, 0.25) is 0 Å². The molecule has 4 N–H and O–H groups in total. The highest BCUT2D eigenvalue weighted by atomic mass is 16.5. The number of hydrogen-bond acceptors (Lipinski definition) is 7. The first kappa shape index (κ1) is 22.6. The number of rotatable bonds is 8. The lowest BCUT2D eigenvalue weighted by atomic mass is 10.1. The van der Waals surface area contributed by atoms with Crippen molar-refractivity contribution in [3.05, 3.63) is 90.1 Å². The monoisotopic (exact) mass is 455 g/mol. The highest BCUT2D eigenvalue weighted by molar-refractivity contribution is 6.05. The number of benzene rings is 3. The van der Waals surface area contributed by atoms with Crippen LogP contribution in [0, 0.1) is 0 Å². The summed E-state index contributed by atoms with van der Waals surface area (Å²) in [5, 5.41) is 6.05. The lowest BCUT2D eigenvalue weighted by Crippen LogP contribution is -2.13. The summed E-state index contributed by atoms with van der Waals surface area (Å²) < 4.78 is 10.7. The van der Waals surface area contributed by atoms with Crippen LogP contribution < -0.4 is 25.8 Å². The maximum Gasteiger partial charge on any atom is 0.255 e. The second kappa shape index (κ2) is 10.4. The minimum atomic E-state index is -0.219. The molecule has 1 amide bonds. The number of carbonyl (C=O) groups is 1. The average Bonchev–Trinajstić information content (AvgIpc) is 2.88. The van der Waals surface area contributed by atoms with Gasteiger partial charge in [0.1, 0.15) is 0 Å². The molecule has 34 heavy (non-hydrogen) atoms. The number of nitrogens with one attached hydrogen (secondary N) is 2. The van der Waals surface area contributed by atoms with E-state index in [1.165, 1.54) is 0 Å². The summed E-state index contributed by atoms with van der Waals surface area (Å²) in [5.74, 6) is 1.56. The fourth-order valence-corrected chi connectivity index (χ4v) is 3.36. The van der Waals surface area contributed by atoms with Crippen LogP contribution in [-0.2, 0) is 6.54 Å². The van der Waals surface area contributed by atoms with Crippen molar-refractivity contribution >= 4 is 23.2 Å². The Bertz CT molecular complexity index is 1290. The van der Waals surface area contributed by atoms with Crippen LogP contribution in [0.1, 0.15) is 15.9 Å². The third-order valence-electron chi connectivity index (χ3n) is 5.21. The van der Waals surface area contributed by atoms with Gasteiger partial charge in [0, 0.05) is 23.9 Å². The average molecular weight is 456 g/mol. The number of methoxy groups -OCH3 is 2. The zero-order valence-corrected chi connectivity index (χ0v) is 18.9. The van der Waals surface area contributed by atoms with Crippen LogP contribution in [-0.4, -0.2) is 30.1 Å². The molecule has 1 aromatic heterocycles. The van der Waals surface area contributed by atoms with Gasteiger partial charge in [-0.3, -0.25) is 4.79 Å². The summed E-state index contributed by atoms with van der Waals surface area (Å²) in [6.07, 6.45) is 1.70. The Labute approximate surface area is 197 Å². The summed E-state index contributed by atoms with van der Waals surface area (Å²) in [4.78, 5) is 21.4. The number of anilines is 3. The molecule has 8 nitrogen and oxygen atoms in total. The quantitative estimate of drug-likeness (QED) is 0.333. The Morgan fingerprint density at radius 2 is 1.71 bits per heavy atom. The predicted molar refractivity (Wildman–Crippen MR) is 133 cm³/mol. The standard InChI is InChI=1S/C26H25N5O3/c1-33-23-12-11-19(15-24(23)34-2)21-13-14-28-26(31-21)29-16-17-7-9-18(10-8-17)25(32)30-22-6-4-3-5-20(22)27/h3-15H,16,27H2,1-2H3,(H,30,32)(H,28,29,31). The van der Waals surface area contributed by atoms with Crippen molar-refractivity contribution in [2.24, 2.45) is 0 Å². The molecule has 0 saturated carbocycles. The summed E-state index contributed by atoms with van der Waals surface area (Å²) in [5.41, 5.74) is 10.2. The van der Waals surface area contributed by atoms with Crippen molar-refractivity contribution in [3.63, 3.8) is 0 Å². The summed E-state index contributed by atoms with van der Waals surface area (Å²) >= 11 is 0. The lowest BCUT2D eigenvalue weighted by Gasteiger charge is -2.11. The molecule has 0 spiro atoms. The Kier molecular flexibility index (Phi) is 6.88. The third kappa shape index (κ3) is 5.24. The Morgan fingerprint density at radius 1 is 0.941 bits per heavy atom. The summed E-state index contributed by atoms with van der Waals surface area (Å²) in [7, 11) is 3.20. The van der Waals surface area contributed by atoms with Gasteiger partial charge in [-0.25, -0.2) is 9.97 Å². The molecule has 1 heterocycles. The van der Waals surface area contributed by atoms with E-state index < -0.39 is 0 Å². The zero-order chi connectivity index (χ0) is 23.9. The van der Waals surface area contributed by atoms with Crippen LogP contribution in [0.5, 0.6) is 11.5 Å². The molecule has 0 aliphatic heterocycles. The predicted octanol–water partition coefficient (Wildman–Crippen LogP) is 4.61. The topological polar surface area (TPSA) is 111 Å². The molecule has 172 valence electrons. The van der Waals surface area contributed by atoms with E-state index in [0.717, 1.165) is 16.8 Å². The zero-order valence-electron chi connectivity index (χ0n) is 18.9. The first-order chi connectivity index (χ1) is 16.6. The Hall–Kier alpha value is -4.59. The van der Waals surface area contributed by atoms with E-state index in [0.29, 0.717) is 40.9 Å². The van der Waals surface area contributed by atoms with E-state index in [2.05, 4.69) is 20.6 Å². The maximum atomic E-state index is 12.5. The lowest BCUT2D eigenvalue weighted by molar-refractivity contribution is 0.102. The van der Waals surface area contributed by atoms with Gasteiger partial charge in [-0.2, -0.15) is 0 Å². The first-order valence-corrected chi connectivity index (χ1v) is 10.6. The Morgan fingerprint density at radius 3 is 2.44 bits per heavy atom. The first-order valence-electron chi connectivity index (χ1n) is 10.6. The van der Waals surface area contributed by atoms with Gasteiger partial charge in [0.15, 0.2) is 11.5 Å². The van der Waals surface area contributed by atoms with Gasteiger partial charge >= 0.3 is 0 Å². The molecule has 0 radical (unpaired) electrons. The molecule has 0 aliphatic carbocycles. The minimum Gasteiger partial charge on any atom is -0.493 e. The van der Waals surface area contributed by atoms with Gasteiger partial charge in [-0.05, 0) is 54.1 Å². The Balaban J connectivity index is 1.40. The maximum absolute atomic E-state index is 12.5. The van der Waals surface area contributed by atoms with Crippen LogP contribution in [0.15, 0.2) is 79.0 Å². The van der Waals surface area contributed by atoms with Gasteiger partial charge in [0.2, 0.25) is 5.95 Å². The van der Waals surface area contributed by atoms with Crippen LogP contribution >= 0.6 is 0 Å². The third-order valence-corrected chi connectivity index (χ3v) is 5.21. The van der Waals surface area contributed by atoms with E-state index in [1.54, 1.807) is 44.7 Å². The molecule has 0 aliphatic rings. The van der Waals surface area contributed by atoms with E-state index in [9.17, 15) is 4.79 Å². The fraction of sp³-hybridized carbons (Fsp3) is 0.115. The van der Waals surface area contributed by atoms with Crippen LogP contribution in [0.3, 0.4) is 0 Å². The molecular weight excluding hydrogens is 430 g/mol. The van der Waals surface area contributed by atoms with E-state index in [-0.39, 0.29) is 5.91 Å². The summed E-state index contributed by atoms with van der Waals surface area (Å²) in [6.45, 7) is 0.503. The molecule has 0 bridgehead atoms. The molecule has 4 aromatic rings. The van der Waals surface area contributed by atoms with Crippen LogP contribution in [0.4, 0.5) is 17.3 Å². The number of carbonyl (C=O) groups excluding carboxylic acids is 1. The number of para-hydroxylation sites is 2. The van der Waals surface area contributed by atoms with E-state index in [4.69, 9.17) is 15.2 Å². The number of nitrogens with zero attached hydrogens (tertiary/aromatic N) is 2. The minimum absolute atomic E-state index is 0.219. The second-order valence-corrected chi connectivity index (χ2v) is 7.43. The summed E-state index contributed by atoms with van der Waals surface area (Å²) in [6, 6.07) is 21.9. The van der Waals surface area contributed by atoms with Gasteiger partial charge in [0.05, 0.1) is 31.3 Å². The fourth-order valence-electron chi connectivity index (χ4n) is 3.36. The number of nitrogens with two attached hydrogens (primary N) is 1. The van der Waals surface area contributed by atoms with Gasteiger partial charge in [-0.1, -0.05) is 24.3 Å². The largest absolute Gasteiger partial charge is 0.493 e. The molecule has 3 aromatic carbocycles. The smallest absolute Gasteiger partial charge is 0.255 e. The van der Waals surface area contributed by atoms with Crippen LogP contribution in [0.25, 0.3) is 11.3 Å². The SMILES string of the molecule is COc1ccc(-c2ccnc(NCc3ccc(C(=O)Nc4ccccc4N)cc3)n2)cc1OC. The number of ether oxygens (including phenoxy) is 2. The highest BCUT2D eigenvalue weighted by Gasteiger charge is 2.10. The molecule has 0 atom stereocenters. The molecule has 0 fully saturated rings. The van der Waals surface area contributed by atoms with Gasteiger partial charge < -0.3 is 25.8 Å². The second-order valence-electron chi connectivity index (χ2n) is 7.43. The molecule has 0 saturated heterocycles. The molecular formula is C26H25N5O3. The number of amides is 1. The van der Waals surface area contributed by atoms with E-state index in [1.807, 2.05) is 48.5 Å². The van der Waals surface area contributed by atoms with Gasteiger partial charge in [0.25, 0.3) is 5.91 Å². The highest BCUT2D eigenvalue weighted by Crippen LogP contribution is 2.31. The van der Waals surface area contributed by atoms with E-state index >= 15 is 0 Å².